The van der Waals surface area contributed by atoms with E-state index in [0.717, 1.165) is 87.2 Å². The maximum atomic E-state index is 15.6. The first-order chi connectivity index (χ1) is 27.5. The van der Waals surface area contributed by atoms with E-state index in [2.05, 4.69) is 38.2 Å². The Morgan fingerprint density at radius 3 is 2.23 bits per heavy atom. The van der Waals surface area contributed by atoms with Crippen LogP contribution in [0.3, 0.4) is 0 Å². The number of carbonyl (C=O) groups excluding carboxylic acids is 3. The van der Waals surface area contributed by atoms with Crippen LogP contribution in [0, 0.1) is 11.7 Å². The van der Waals surface area contributed by atoms with Gasteiger partial charge < -0.3 is 19.8 Å². The van der Waals surface area contributed by atoms with Gasteiger partial charge in [0.25, 0.3) is 11.8 Å². The zero-order chi connectivity index (χ0) is 39.4. The first kappa shape index (κ1) is 37.2. The van der Waals surface area contributed by atoms with Crippen molar-refractivity contribution in [1.29, 1.82) is 0 Å². The lowest BCUT2D eigenvalue weighted by Crippen LogP contribution is -2.52. The highest BCUT2D eigenvalue weighted by molar-refractivity contribution is 6.05. The molecule has 5 aliphatic rings. The van der Waals surface area contributed by atoms with Gasteiger partial charge in [-0.15, -0.1) is 0 Å². The van der Waals surface area contributed by atoms with Crippen molar-refractivity contribution < 1.29 is 32.7 Å². The number of nitrogens with one attached hydrogen (secondary N) is 1. The Kier molecular flexibility index (Phi) is 9.71. The molecule has 57 heavy (non-hydrogen) atoms. The SMILES string of the molecule is O=C1CC[C@H](N2Cc3cc(N4CCN(CC5CCN(c6ccc([C@@H]7c8ccc(O)cc8C(F)(F)C[C@@H]7c7ccccc7F)cc6)CC5)CC4)ccc3C2=O)C(=O)N1. The number of fused-ring (bicyclic) bond motifs is 2. The predicted octanol–water partition coefficient (Wildman–Crippen LogP) is 6.74. The van der Waals surface area contributed by atoms with Crippen molar-refractivity contribution in [3.63, 3.8) is 0 Å². The fraction of sp³-hybridized carbons (Fsp3) is 0.400. The molecule has 1 aliphatic carbocycles. The van der Waals surface area contributed by atoms with Crippen molar-refractivity contribution in [3.8, 4) is 5.75 Å². The molecule has 0 aromatic heterocycles. The number of nitrogens with zero attached hydrogens (tertiary/aromatic N) is 4. The van der Waals surface area contributed by atoms with Gasteiger partial charge in [0, 0.05) is 99.5 Å². The summed E-state index contributed by atoms with van der Waals surface area (Å²) < 4.78 is 46.3. The first-order valence-electron chi connectivity index (χ1n) is 20.1. The largest absolute Gasteiger partial charge is 0.508 e. The van der Waals surface area contributed by atoms with Crippen molar-refractivity contribution in [2.24, 2.45) is 5.92 Å². The minimum absolute atomic E-state index is 0.156. The molecular formula is C45H46F3N5O4. The van der Waals surface area contributed by atoms with Crippen LogP contribution >= 0.6 is 0 Å². The number of hydrogen-bond acceptors (Lipinski definition) is 7. The average molecular weight is 778 g/mol. The second kappa shape index (κ2) is 14.9. The van der Waals surface area contributed by atoms with E-state index in [1.54, 1.807) is 29.2 Å². The van der Waals surface area contributed by atoms with E-state index in [1.807, 2.05) is 24.3 Å². The number of phenols is 1. The number of anilines is 2. The third-order valence-electron chi connectivity index (χ3n) is 12.9. The van der Waals surface area contributed by atoms with Crippen molar-refractivity contribution in [2.75, 3.05) is 55.6 Å². The fourth-order valence-electron chi connectivity index (χ4n) is 9.91. The zero-order valence-electron chi connectivity index (χ0n) is 31.7. The highest BCUT2D eigenvalue weighted by atomic mass is 19.3. The molecule has 4 aromatic rings. The summed E-state index contributed by atoms with van der Waals surface area (Å²) >= 11 is 0. The minimum atomic E-state index is -3.22. The second-order valence-corrected chi connectivity index (χ2v) is 16.3. The van der Waals surface area contributed by atoms with Gasteiger partial charge in [-0.2, -0.15) is 0 Å². The number of carbonyl (C=O) groups is 3. The summed E-state index contributed by atoms with van der Waals surface area (Å²) in [4.78, 5) is 46.1. The van der Waals surface area contributed by atoms with Gasteiger partial charge in [-0.3, -0.25) is 24.6 Å². The number of rotatable bonds is 7. The molecule has 12 heteroatoms. The number of piperazine rings is 1. The van der Waals surface area contributed by atoms with Gasteiger partial charge in [0.1, 0.15) is 17.6 Å². The second-order valence-electron chi connectivity index (χ2n) is 16.3. The van der Waals surface area contributed by atoms with Crippen LogP contribution in [-0.4, -0.2) is 84.5 Å². The fourth-order valence-corrected chi connectivity index (χ4v) is 9.91. The molecule has 9 rings (SSSR count). The number of amides is 3. The maximum absolute atomic E-state index is 15.6. The summed E-state index contributed by atoms with van der Waals surface area (Å²) in [6.07, 6.45) is 2.16. The number of imide groups is 1. The van der Waals surface area contributed by atoms with E-state index >= 15 is 13.2 Å². The molecule has 3 amide bonds. The van der Waals surface area contributed by atoms with Gasteiger partial charge in [0.2, 0.25) is 11.8 Å². The summed E-state index contributed by atoms with van der Waals surface area (Å²) in [6, 6.07) is 23.8. The van der Waals surface area contributed by atoms with Gasteiger partial charge in [0.05, 0.1) is 0 Å². The van der Waals surface area contributed by atoms with Crippen LogP contribution in [0.25, 0.3) is 0 Å². The Morgan fingerprint density at radius 1 is 0.772 bits per heavy atom. The van der Waals surface area contributed by atoms with Crippen LogP contribution < -0.4 is 15.1 Å². The molecule has 0 bridgehead atoms. The number of benzene rings is 4. The van der Waals surface area contributed by atoms with E-state index in [1.165, 1.54) is 12.1 Å². The quantitative estimate of drug-likeness (QED) is 0.201. The average Bonchev–Trinajstić information content (AvgIpc) is 3.53. The normalized spacial score (nSPS) is 24.0. The van der Waals surface area contributed by atoms with Crippen LogP contribution in [-0.2, 0) is 22.1 Å². The van der Waals surface area contributed by atoms with E-state index in [0.29, 0.717) is 30.0 Å². The van der Waals surface area contributed by atoms with Gasteiger partial charge in [-0.1, -0.05) is 36.4 Å². The van der Waals surface area contributed by atoms with Crippen molar-refractivity contribution in [3.05, 3.63) is 124 Å². The molecule has 4 aliphatic heterocycles. The Bertz CT molecular complexity index is 2200. The van der Waals surface area contributed by atoms with Crippen LogP contribution in [0.5, 0.6) is 5.75 Å². The molecule has 4 heterocycles. The van der Waals surface area contributed by atoms with Crippen LogP contribution in [0.1, 0.15) is 82.1 Å². The van der Waals surface area contributed by atoms with E-state index in [4.69, 9.17) is 0 Å². The van der Waals surface area contributed by atoms with Crippen molar-refractivity contribution >= 4 is 29.1 Å². The monoisotopic (exact) mass is 777 g/mol. The molecule has 0 unspecified atom stereocenters. The van der Waals surface area contributed by atoms with E-state index in [9.17, 15) is 19.5 Å². The molecule has 3 atom stereocenters. The summed E-state index contributed by atoms with van der Waals surface area (Å²) in [5, 5.41) is 12.5. The third-order valence-corrected chi connectivity index (χ3v) is 12.9. The molecule has 4 aromatic carbocycles. The Labute approximate surface area is 330 Å². The molecule has 2 N–H and O–H groups in total. The number of piperidine rings is 2. The van der Waals surface area contributed by atoms with E-state index < -0.39 is 41.9 Å². The third kappa shape index (κ3) is 7.13. The highest BCUT2D eigenvalue weighted by Gasteiger charge is 2.48. The standard InChI is InChI=1S/C45H46F3N5O4/c46-39-4-2-1-3-35(39)37-25-45(47,48)38-24-33(54)10-12-36(38)42(37)29-5-7-31(8-6-29)51-17-15-28(16-18-51)26-50-19-21-52(22-20-50)32-9-11-34-30(23-32)27-53(44(34)57)40-13-14-41(55)49-43(40)56/h1-12,23-24,28,37,40,42,54H,13-22,25-27H2,(H,49,55,56)/t37-,40+,42-/m1/s1. The predicted molar refractivity (Wildman–Crippen MR) is 210 cm³/mol. The smallest absolute Gasteiger partial charge is 0.274 e. The molecule has 0 saturated carbocycles. The lowest BCUT2D eigenvalue weighted by atomic mass is 9.67. The summed E-state index contributed by atoms with van der Waals surface area (Å²) in [7, 11) is 0. The number of alkyl halides is 2. The van der Waals surface area contributed by atoms with Crippen molar-refractivity contribution in [2.45, 2.75) is 62.4 Å². The lowest BCUT2D eigenvalue weighted by molar-refractivity contribution is -0.136. The molecule has 0 spiro atoms. The van der Waals surface area contributed by atoms with Gasteiger partial charge in [-0.25, -0.2) is 13.2 Å². The van der Waals surface area contributed by atoms with Gasteiger partial charge in [0.15, 0.2) is 0 Å². The number of aromatic hydroxyl groups is 1. The van der Waals surface area contributed by atoms with Crippen LogP contribution in [0.15, 0.2) is 84.9 Å². The topological polar surface area (TPSA) is 96.4 Å². The summed E-state index contributed by atoms with van der Waals surface area (Å²) in [6.45, 7) is 6.92. The van der Waals surface area contributed by atoms with Gasteiger partial charge in [-0.05, 0) is 96.0 Å². The molecular weight excluding hydrogens is 732 g/mol. The molecule has 0 radical (unpaired) electrons. The minimum Gasteiger partial charge on any atom is -0.508 e. The van der Waals surface area contributed by atoms with Crippen LogP contribution in [0.4, 0.5) is 24.5 Å². The lowest BCUT2D eigenvalue weighted by Gasteiger charge is -2.40. The van der Waals surface area contributed by atoms with Crippen molar-refractivity contribution in [1.82, 2.24) is 15.1 Å². The Hall–Kier alpha value is -5.36. The van der Waals surface area contributed by atoms with Crippen LogP contribution in [0.2, 0.25) is 0 Å². The molecule has 3 fully saturated rings. The number of halogens is 3. The van der Waals surface area contributed by atoms with Gasteiger partial charge >= 0.3 is 0 Å². The molecule has 9 nitrogen and oxygen atoms in total. The Morgan fingerprint density at radius 2 is 1.49 bits per heavy atom. The summed E-state index contributed by atoms with van der Waals surface area (Å²) in [5.74, 6) is -5.47. The van der Waals surface area contributed by atoms with E-state index in [-0.39, 0.29) is 35.1 Å². The number of hydrogen-bond donors (Lipinski definition) is 2. The summed E-state index contributed by atoms with van der Waals surface area (Å²) in [5.41, 5.74) is 5.03. The Balaban J connectivity index is 0.800. The zero-order valence-corrected chi connectivity index (χ0v) is 31.7. The number of phenolic OH excluding ortho intramolecular Hbond substituents is 1. The highest BCUT2D eigenvalue weighted by Crippen LogP contribution is 2.55. The maximum Gasteiger partial charge on any atom is 0.274 e. The molecule has 3 saturated heterocycles. The first-order valence-corrected chi connectivity index (χ1v) is 20.1. The molecule has 296 valence electrons.